The van der Waals surface area contributed by atoms with Crippen LogP contribution in [0.25, 0.3) is 11.0 Å². The number of H-pyrrole nitrogens is 1. The number of imidazole rings is 1. The van der Waals surface area contributed by atoms with Crippen LogP contribution in [0.3, 0.4) is 0 Å². The molecule has 2 aromatic rings. The van der Waals surface area contributed by atoms with Crippen LogP contribution in [0.15, 0.2) is 40.7 Å². The molecule has 2 fully saturated rings. The molecule has 1 amide bonds. The first-order chi connectivity index (χ1) is 14.0. The second-order valence-corrected chi connectivity index (χ2v) is 9.17. The van der Waals surface area contributed by atoms with E-state index in [2.05, 4.69) is 9.97 Å². The zero-order chi connectivity index (χ0) is 20.3. The number of rotatable bonds is 5. The summed E-state index contributed by atoms with van der Waals surface area (Å²) in [6, 6.07) is 7.58. The Labute approximate surface area is 221 Å². The number of thioether (sulfide) groups is 1. The Morgan fingerprint density at radius 3 is 2.87 bits per heavy atom. The number of β-lactam (4-membered cyclic amide) rings is 1. The van der Waals surface area contributed by atoms with E-state index in [-0.39, 0.29) is 80.9 Å². The van der Waals surface area contributed by atoms with Crippen LogP contribution >= 0.6 is 11.8 Å². The van der Waals surface area contributed by atoms with Gasteiger partial charge in [0.25, 0.3) is 0 Å². The number of aliphatic hydroxyl groups excluding tert-OH is 1. The van der Waals surface area contributed by atoms with Gasteiger partial charge in [0.2, 0.25) is 5.91 Å². The number of aliphatic carboxylic acids is 1. The number of fused-ring (bicyclic) bond motifs is 4. The third kappa shape index (κ3) is 3.52. The third-order valence-electron chi connectivity index (χ3n) is 6.52. The molecule has 1 saturated carbocycles. The van der Waals surface area contributed by atoms with E-state index in [1.807, 2.05) is 24.3 Å². The molecule has 2 aliphatic heterocycles. The minimum Gasteiger partial charge on any atom is -0.543 e. The molecule has 3 aliphatic rings. The molecular formula is C21H22KN3O4S. The quantitative estimate of drug-likeness (QED) is 0.319. The number of aromatic amines is 1. The average Bonchev–Trinajstić information content (AvgIpc) is 3.23. The van der Waals surface area contributed by atoms with E-state index in [1.54, 1.807) is 18.7 Å². The van der Waals surface area contributed by atoms with Crippen molar-refractivity contribution in [1.82, 2.24) is 14.9 Å². The van der Waals surface area contributed by atoms with Gasteiger partial charge in [0, 0.05) is 11.7 Å². The summed E-state index contributed by atoms with van der Waals surface area (Å²) in [5, 5.41) is 22.8. The number of para-hydroxylation sites is 2. The first-order valence-electron chi connectivity index (χ1n) is 10.0. The van der Waals surface area contributed by atoms with Gasteiger partial charge in [0.1, 0.15) is 0 Å². The van der Waals surface area contributed by atoms with E-state index in [4.69, 9.17) is 0 Å². The molecular weight excluding hydrogens is 429 g/mol. The van der Waals surface area contributed by atoms with Crippen molar-refractivity contribution in [3.05, 3.63) is 35.5 Å². The van der Waals surface area contributed by atoms with Gasteiger partial charge in [0.15, 0.2) is 5.16 Å². The summed E-state index contributed by atoms with van der Waals surface area (Å²) >= 11 is 1.58. The summed E-state index contributed by atoms with van der Waals surface area (Å²) < 4.78 is 0. The van der Waals surface area contributed by atoms with Crippen molar-refractivity contribution in [2.45, 2.75) is 43.5 Å². The van der Waals surface area contributed by atoms with Crippen molar-refractivity contribution in [3.63, 3.8) is 0 Å². The number of carboxylic acids is 1. The second-order valence-electron chi connectivity index (χ2n) is 8.16. The van der Waals surface area contributed by atoms with Crippen LogP contribution in [-0.2, 0) is 9.59 Å². The minimum atomic E-state index is -1.29. The van der Waals surface area contributed by atoms with Crippen molar-refractivity contribution >= 4 is 34.7 Å². The summed E-state index contributed by atoms with van der Waals surface area (Å²) in [6.45, 7) is 1.61. The SMILES string of the molecule is C[C@@H](O)[C@H]1C(=O)N2C(C(=O)[O-])=C3[C@@H](CSc4nc5ccccc5[nH]4)CCC[C@@H]3[C@H]12.[K+]. The Morgan fingerprint density at radius 1 is 1.40 bits per heavy atom. The van der Waals surface area contributed by atoms with Crippen molar-refractivity contribution in [1.29, 1.82) is 0 Å². The molecule has 0 spiro atoms. The maximum atomic E-state index is 12.5. The Kier molecular flexibility index (Phi) is 6.52. The first kappa shape index (κ1) is 22.5. The molecule has 1 aromatic carbocycles. The summed E-state index contributed by atoms with van der Waals surface area (Å²) in [7, 11) is 0. The molecule has 0 unspecified atom stereocenters. The van der Waals surface area contributed by atoms with Crippen LogP contribution in [0.2, 0.25) is 0 Å². The third-order valence-corrected chi connectivity index (χ3v) is 7.56. The van der Waals surface area contributed by atoms with E-state index in [0.717, 1.165) is 41.0 Å². The van der Waals surface area contributed by atoms with Crippen molar-refractivity contribution in [2.75, 3.05) is 5.75 Å². The molecule has 1 saturated heterocycles. The number of carbonyl (C=O) groups excluding carboxylic acids is 2. The summed E-state index contributed by atoms with van der Waals surface area (Å²) in [5.74, 6) is -1.37. The maximum Gasteiger partial charge on any atom is 1.00 e. The molecule has 0 bridgehead atoms. The fourth-order valence-corrected chi connectivity index (χ4v) is 6.39. The Morgan fingerprint density at radius 2 is 2.17 bits per heavy atom. The number of carboxylic acid groups (broad SMARTS) is 1. The zero-order valence-corrected chi connectivity index (χ0v) is 20.9. The molecule has 30 heavy (non-hydrogen) atoms. The van der Waals surface area contributed by atoms with Crippen LogP contribution in [0.1, 0.15) is 26.2 Å². The van der Waals surface area contributed by atoms with Gasteiger partial charge in [-0.25, -0.2) is 4.98 Å². The topological polar surface area (TPSA) is 109 Å². The smallest absolute Gasteiger partial charge is 0.543 e. The minimum absolute atomic E-state index is 0. The number of benzene rings is 1. The normalized spacial score (nSPS) is 28.6. The predicted octanol–water partition coefficient (Wildman–Crippen LogP) is -1.70. The monoisotopic (exact) mass is 451 g/mol. The molecule has 152 valence electrons. The zero-order valence-electron chi connectivity index (χ0n) is 17.0. The number of amides is 1. The number of hydrogen-bond acceptors (Lipinski definition) is 6. The average molecular weight is 452 g/mol. The fraction of sp³-hybridized carbons (Fsp3) is 0.476. The van der Waals surface area contributed by atoms with Crippen LogP contribution in [0, 0.1) is 17.8 Å². The molecule has 9 heteroatoms. The van der Waals surface area contributed by atoms with E-state index in [9.17, 15) is 19.8 Å². The number of carbonyl (C=O) groups is 2. The number of aromatic nitrogens is 2. The van der Waals surface area contributed by atoms with E-state index >= 15 is 0 Å². The van der Waals surface area contributed by atoms with Gasteiger partial charge in [-0.15, -0.1) is 0 Å². The number of aliphatic hydroxyl groups is 1. The van der Waals surface area contributed by atoms with E-state index in [1.165, 1.54) is 4.90 Å². The van der Waals surface area contributed by atoms with Gasteiger partial charge in [-0.3, -0.25) is 4.79 Å². The molecule has 1 aromatic heterocycles. The van der Waals surface area contributed by atoms with Crippen molar-refractivity contribution in [3.8, 4) is 0 Å². The van der Waals surface area contributed by atoms with Crippen LogP contribution in [0.5, 0.6) is 0 Å². The van der Waals surface area contributed by atoms with Gasteiger partial charge in [-0.05, 0) is 43.4 Å². The van der Waals surface area contributed by atoms with Gasteiger partial charge in [-0.1, -0.05) is 30.3 Å². The first-order valence-corrected chi connectivity index (χ1v) is 11.0. The summed E-state index contributed by atoms with van der Waals surface area (Å²) in [4.78, 5) is 33.8. The van der Waals surface area contributed by atoms with Gasteiger partial charge < -0.3 is 24.9 Å². The largest absolute Gasteiger partial charge is 1.00 e. The summed E-state index contributed by atoms with van der Waals surface area (Å²) in [6.07, 6.45) is 1.92. The number of hydrogen-bond donors (Lipinski definition) is 2. The molecule has 2 N–H and O–H groups in total. The van der Waals surface area contributed by atoms with Crippen LogP contribution < -0.4 is 56.5 Å². The van der Waals surface area contributed by atoms with E-state index in [0.29, 0.717) is 5.75 Å². The van der Waals surface area contributed by atoms with Gasteiger partial charge in [0.05, 0.1) is 40.8 Å². The van der Waals surface area contributed by atoms with Gasteiger partial charge >= 0.3 is 51.4 Å². The van der Waals surface area contributed by atoms with Crippen molar-refractivity contribution in [2.24, 2.45) is 17.8 Å². The molecule has 5 rings (SSSR count). The van der Waals surface area contributed by atoms with Crippen LogP contribution in [0.4, 0.5) is 0 Å². The van der Waals surface area contributed by atoms with Crippen molar-refractivity contribution < 1.29 is 71.2 Å². The fourth-order valence-electron chi connectivity index (χ4n) is 5.34. The Hall–Kier alpha value is -0.684. The maximum absolute atomic E-state index is 12.5. The molecule has 1 aliphatic carbocycles. The molecule has 3 heterocycles. The number of nitrogens with zero attached hydrogens (tertiary/aromatic N) is 2. The summed E-state index contributed by atoms with van der Waals surface area (Å²) in [5.41, 5.74) is 2.77. The molecule has 5 atom stereocenters. The molecule has 0 radical (unpaired) electrons. The van der Waals surface area contributed by atoms with E-state index < -0.39 is 18.0 Å². The standard InChI is InChI=1S/C21H23N3O4S.K/c1-10(25)15-17-12-6-4-5-11(16(12)18(20(27)28)24(17)19(15)26)9-29-21-22-13-7-2-3-8-14(13)23-21;/h2-3,7-8,10-12,15,17,25H,4-6,9H2,1H3,(H,22,23)(H,27,28);/q;+1/p-1/t10-,11-,12+,15-,17-;/m1./s1. The predicted molar refractivity (Wildman–Crippen MR) is 105 cm³/mol. The number of nitrogens with one attached hydrogen (secondary N) is 1. The van der Waals surface area contributed by atoms with Gasteiger partial charge in [-0.2, -0.15) is 0 Å². The Balaban J connectivity index is 0.00000218. The van der Waals surface area contributed by atoms with Crippen LogP contribution in [-0.4, -0.2) is 49.7 Å². The second kappa shape index (κ2) is 8.69. The molecule has 7 nitrogen and oxygen atoms in total. The Bertz CT molecular complexity index is 1000.